The zero-order valence-electron chi connectivity index (χ0n) is 14.3. The normalized spacial score (nSPS) is 21.8. The predicted octanol–water partition coefficient (Wildman–Crippen LogP) is 1.55. The molecule has 0 bridgehead atoms. The molecule has 3 heterocycles. The molecule has 2 aromatic heterocycles. The molecule has 120 valence electrons. The van der Waals surface area contributed by atoms with Crippen LogP contribution in [-0.2, 0) is 4.79 Å². The van der Waals surface area contributed by atoms with Gasteiger partial charge in [-0.25, -0.2) is 16.5 Å². The molecule has 1 fully saturated rings. The predicted molar refractivity (Wildman–Crippen MR) is 87.9 cm³/mol. The molecule has 0 aliphatic carbocycles. The van der Waals surface area contributed by atoms with Crippen molar-refractivity contribution in [2.45, 2.75) is 19.4 Å². The molecule has 1 amide bonds. The molecule has 0 aromatic carbocycles. The number of likely N-dealkylation sites (tertiary alicyclic amines) is 1. The molecule has 7 nitrogen and oxygen atoms in total. The summed E-state index contributed by atoms with van der Waals surface area (Å²) in [4.78, 5) is 30.5. The highest BCUT2D eigenvalue weighted by molar-refractivity contribution is 5.87. The van der Waals surface area contributed by atoms with Gasteiger partial charge in [-0.15, -0.1) is 0 Å². The summed E-state index contributed by atoms with van der Waals surface area (Å²) < 4.78 is 7.81. The van der Waals surface area contributed by atoms with E-state index in [0.29, 0.717) is 30.5 Å². The Morgan fingerprint density at radius 1 is 1.65 bits per heavy atom. The van der Waals surface area contributed by atoms with E-state index in [2.05, 4.69) is 26.7 Å². The van der Waals surface area contributed by atoms with Crippen LogP contribution >= 0.6 is 0 Å². The fourth-order valence-electron chi connectivity index (χ4n) is 3.19. The summed E-state index contributed by atoms with van der Waals surface area (Å²) in [5, 5.41) is 0.866. The zero-order chi connectivity index (χ0) is 17.3. The minimum Gasteiger partial charge on any atom is -0.354 e. The molecule has 0 saturated carbocycles. The van der Waals surface area contributed by atoms with Crippen molar-refractivity contribution in [2.24, 2.45) is 5.92 Å². The quantitative estimate of drug-likeness (QED) is 0.873. The number of hydrogen-bond acceptors (Lipinski definition) is 4. The van der Waals surface area contributed by atoms with Crippen molar-refractivity contribution in [3.63, 3.8) is 0 Å². The van der Waals surface area contributed by atoms with Crippen LogP contribution in [0.4, 0.5) is 5.82 Å². The second kappa shape index (κ2) is 6.24. The van der Waals surface area contributed by atoms with Crippen LogP contribution in [0.15, 0.2) is 18.6 Å². The Labute approximate surface area is 136 Å². The second-order valence-electron chi connectivity index (χ2n) is 5.99. The number of H-pyrrole nitrogens is 1. The van der Waals surface area contributed by atoms with E-state index >= 15 is 0 Å². The van der Waals surface area contributed by atoms with Crippen LogP contribution in [0, 0.1) is 12.5 Å². The first kappa shape index (κ1) is 14.0. The number of carbonyl (C=O) groups excluding carboxylic acids is 1. The number of fused-ring (bicyclic) bond motifs is 1. The molecule has 7 heteroatoms. The molecule has 1 aliphatic rings. The van der Waals surface area contributed by atoms with Crippen molar-refractivity contribution in [3.05, 3.63) is 30.0 Å². The number of hydrogen-bond donors (Lipinski definition) is 1. The fourth-order valence-corrected chi connectivity index (χ4v) is 3.19. The number of rotatable bonds is 3. The third-order valence-electron chi connectivity index (χ3n) is 4.60. The first-order valence-corrected chi connectivity index (χ1v) is 7.66. The molecule has 0 radical (unpaired) electrons. The highest BCUT2D eigenvalue weighted by atomic mass is 16.2. The lowest BCUT2D eigenvalue weighted by molar-refractivity contribution is -0.130. The topological polar surface area (TPSA) is 69.5 Å². The fraction of sp³-hybridized carbons (Fsp3) is 0.500. The molecule has 1 N–H and O–H groups in total. The third kappa shape index (κ3) is 2.84. The minimum absolute atomic E-state index is 0.0313. The van der Waals surface area contributed by atoms with Gasteiger partial charge in [0, 0.05) is 26.3 Å². The first-order valence-electron chi connectivity index (χ1n) is 8.16. The second-order valence-corrected chi connectivity index (χ2v) is 5.99. The average molecular weight is 313 g/mol. The van der Waals surface area contributed by atoms with Gasteiger partial charge < -0.3 is 19.6 Å². The first-order chi connectivity index (χ1) is 11.5. The van der Waals surface area contributed by atoms with Gasteiger partial charge in [0.25, 0.3) is 6.54 Å². The van der Waals surface area contributed by atoms with Crippen LogP contribution in [0.25, 0.3) is 15.9 Å². The van der Waals surface area contributed by atoms with E-state index in [1.807, 2.05) is 18.0 Å². The minimum atomic E-state index is -0.119. The lowest BCUT2D eigenvalue weighted by Gasteiger charge is -2.41. The van der Waals surface area contributed by atoms with E-state index in [-0.39, 0.29) is 24.8 Å². The Balaban J connectivity index is 1.89. The number of likely N-dealkylation sites (N-methyl/N-ethyl adjacent to an activating group) is 1. The smallest absolute Gasteiger partial charge is 0.302 e. The van der Waals surface area contributed by atoms with Crippen molar-refractivity contribution in [2.75, 3.05) is 31.6 Å². The SMILES string of the molecule is [2H]c1nc(N(C)[C@H]2CN(C(=O)C[N+]#[C-])CC[C@H]2C)c2cc[nH]c2n1. The number of aromatic nitrogens is 3. The third-order valence-corrected chi connectivity index (χ3v) is 4.60. The number of nitrogens with one attached hydrogen (secondary N) is 1. The summed E-state index contributed by atoms with van der Waals surface area (Å²) in [5.74, 6) is 0.957. The summed E-state index contributed by atoms with van der Waals surface area (Å²) in [6.07, 6.45) is 2.64. The molecule has 0 unspecified atom stereocenters. The molecule has 3 rings (SSSR count). The lowest BCUT2D eigenvalue weighted by atomic mass is 9.92. The summed E-state index contributed by atoms with van der Waals surface area (Å²) in [7, 11) is 1.94. The highest BCUT2D eigenvalue weighted by Crippen LogP contribution is 2.28. The van der Waals surface area contributed by atoms with E-state index < -0.39 is 0 Å². The van der Waals surface area contributed by atoms with Crippen LogP contribution in [0.2, 0.25) is 0 Å². The Kier molecular flexibility index (Phi) is 3.80. The molecular weight excluding hydrogens is 292 g/mol. The maximum absolute atomic E-state index is 12.1. The van der Waals surface area contributed by atoms with E-state index in [9.17, 15) is 4.79 Å². The Hall–Kier alpha value is -2.62. The van der Waals surface area contributed by atoms with Gasteiger partial charge in [0.05, 0.1) is 11.4 Å². The number of aromatic amines is 1. The van der Waals surface area contributed by atoms with Crippen LogP contribution in [-0.4, -0.2) is 58.5 Å². The monoisotopic (exact) mass is 313 g/mol. The summed E-state index contributed by atoms with van der Waals surface area (Å²) in [6, 6.07) is 1.98. The van der Waals surface area contributed by atoms with Crippen LogP contribution in [0.3, 0.4) is 0 Å². The number of amides is 1. The number of carbonyl (C=O) groups is 1. The Bertz CT molecular complexity index is 797. The van der Waals surface area contributed by atoms with Gasteiger partial charge in [0.1, 0.15) is 19.1 Å². The van der Waals surface area contributed by atoms with E-state index in [0.717, 1.165) is 11.8 Å². The van der Waals surface area contributed by atoms with E-state index in [1.165, 1.54) is 0 Å². The van der Waals surface area contributed by atoms with Crippen molar-refractivity contribution in [3.8, 4) is 0 Å². The number of nitrogens with zero attached hydrogens (tertiary/aromatic N) is 5. The molecule has 2 atom stereocenters. The number of anilines is 1. The average Bonchev–Trinajstić information content (AvgIpc) is 3.02. The van der Waals surface area contributed by atoms with Crippen molar-refractivity contribution < 1.29 is 6.17 Å². The zero-order valence-corrected chi connectivity index (χ0v) is 13.3. The Morgan fingerprint density at radius 3 is 3.26 bits per heavy atom. The van der Waals surface area contributed by atoms with Gasteiger partial charge in [-0.3, -0.25) is 4.79 Å². The molecule has 23 heavy (non-hydrogen) atoms. The van der Waals surface area contributed by atoms with Crippen molar-refractivity contribution >= 4 is 22.8 Å². The van der Waals surface area contributed by atoms with Crippen LogP contribution in [0.1, 0.15) is 14.7 Å². The van der Waals surface area contributed by atoms with E-state index in [1.54, 1.807) is 11.1 Å². The van der Waals surface area contributed by atoms with Crippen LogP contribution < -0.4 is 4.90 Å². The lowest BCUT2D eigenvalue weighted by Crippen LogP contribution is -2.53. The maximum Gasteiger partial charge on any atom is 0.302 e. The molecule has 1 saturated heterocycles. The molecular formula is C16H20N6O. The Morgan fingerprint density at radius 2 is 2.48 bits per heavy atom. The molecule has 2 aromatic rings. The van der Waals surface area contributed by atoms with Gasteiger partial charge in [-0.1, -0.05) is 6.92 Å². The number of piperidine rings is 1. The van der Waals surface area contributed by atoms with Gasteiger partial charge in [0.2, 0.25) is 0 Å². The van der Waals surface area contributed by atoms with Crippen LogP contribution in [0.5, 0.6) is 0 Å². The van der Waals surface area contributed by atoms with Crippen molar-refractivity contribution in [1.29, 1.82) is 0 Å². The van der Waals surface area contributed by atoms with Gasteiger partial charge in [0.15, 0.2) is 0 Å². The summed E-state index contributed by atoms with van der Waals surface area (Å²) in [5.41, 5.74) is 0.640. The van der Waals surface area contributed by atoms with Gasteiger partial charge in [-0.2, -0.15) is 0 Å². The summed E-state index contributed by atoms with van der Waals surface area (Å²) in [6.45, 7) is 10.2. The maximum atomic E-state index is 12.1. The van der Waals surface area contributed by atoms with Crippen molar-refractivity contribution in [1.82, 2.24) is 19.9 Å². The summed E-state index contributed by atoms with van der Waals surface area (Å²) >= 11 is 0. The van der Waals surface area contributed by atoms with Gasteiger partial charge >= 0.3 is 5.91 Å². The molecule has 0 spiro atoms. The van der Waals surface area contributed by atoms with E-state index in [4.69, 9.17) is 7.94 Å². The largest absolute Gasteiger partial charge is 0.354 e. The highest BCUT2D eigenvalue weighted by Gasteiger charge is 2.33. The standard InChI is InChI=1S/C16H20N6O/c1-11-5-7-22(14(23)8-17-2)9-13(11)21(3)16-12-4-6-18-15(12)19-10-20-16/h4,6,10-11,13H,5,7-9H2,1,3H3,(H,18,19,20)/t11-,13+/m1/s1/i10D. The van der Waals surface area contributed by atoms with Gasteiger partial charge in [-0.05, 0) is 18.4 Å². The molecule has 1 aliphatic heterocycles.